The van der Waals surface area contributed by atoms with Crippen molar-refractivity contribution < 1.29 is 9.32 Å². The molecule has 0 bridgehead atoms. The Balaban J connectivity index is 1.90. The van der Waals surface area contributed by atoms with Gasteiger partial charge in [-0.15, -0.1) is 11.3 Å². The summed E-state index contributed by atoms with van der Waals surface area (Å²) in [5, 5.41) is 9.01. The van der Waals surface area contributed by atoms with Crippen LogP contribution in [-0.2, 0) is 5.54 Å². The van der Waals surface area contributed by atoms with Crippen molar-refractivity contribution in [2.75, 3.05) is 0 Å². The molecule has 1 aliphatic carbocycles. The predicted molar refractivity (Wildman–Crippen MR) is 80.3 cm³/mol. The van der Waals surface area contributed by atoms with Crippen LogP contribution in [0.3, 0.4) is 0 Å². The van der Waals surface area contributed by atoms with E-state index in [4.69, 9.17) is 4.52 Å². The molecular formula is C15H19N3O2S. The minimum atomic E-state index is -0.507. The summed E-state index contributed by atoms with van der Waals surface area (Å²) in [4.78, 5) is 17.7. The first-order valence-corrected chi connectivity index (χ1v) is 8.16. The molecule has 3 rings (SSSR count). The number of rotatable bonds is 3. The Bertz CT molecular complexity index is 641. The number of carbonyl (C=O) groups is 1. The Labute approximate surface area is 127 Å². The smallest absolute Gasteiger partial charge is 0.262 e. The van der Waals surface area contributed by atoms with Gasteiger partial charge in [0.1, 0.15) is 5.54 Å². The molecule has 5 nitrogen and oxygen atoms in total. The van der Waals surface area contributed by atoms with Crippen LogP contribution >= 0.6 is 11.3 Å². The summed E-state index contributed by atoms with van der Waals surface area (Å²) >= 11 is 1.47. The Morgan fingerprint density at radius 1 is 1.33 bits per heavy atom. The molecule has 1 saturated carbocycles. The summed E-state index contributed by atoms with van der Waals surface area (Å²) in [7, 11) is 0. The van der Waals surface area contributed by atoms with E-state index in [2.05, 4.69) is 15.5 Å². The second-order valence-corrected chi connectivity index (χ2v) is 6.59. The van der Waals surface area contributed by atoms with E-state index in [9.17, 15) is 4.79 Å². The Morgan fingerprint density at radius 3 is 2.67 bits per heavy atom. The lowest BCUT2D eigenvalue weighted by Crippen LogP contribution is -2.47. The van der Waals surface area contributed by atoms with Crippen molar-refractivity contribution in [1.82, 2.24) is 15.5 Å². The molecule has 0 radical (unpaired) electrons. The summed E-state index contributed by atoms with van der Waals surface area (Å²) in [6, 6.07) is 1.96. The number of aromatic nitrogens is 2. The lowest BCUT2D eigenvalue weighted by atomic mass is 9.81. The van der Waals surface area contributed by atoms with Gasteiger partial charge in [0, 0.05) is 0 Å². The molecule has 21 heavy (non-hydrogen) atoms. The van der Waals surface area contributed by atoms with Crippen LogP contribution < -0.4 is 5.32 Å². The highest BCUT2D eigenvalue weighted by Gasteiger charge is 2.41. The second kappa shape index (κ2) is 5.60. The number of thiophene rings is 1. The molecule has 6 heteroatoms. The standard InChI is InChI=1S/C15H19N3O2S/c1-10-6-9-21-12(10)13(19)17-15(7-4-3-5-8-15)14-16-11(2)18-20-14/h6,9H,3-5,7-8H2,1-2H3,(H,17,19). The number of hydrogen-bond acceptors (Lipinski definition) is 5. The largest absolute Gasteiger partial charge is 0.337 e. The van der Waals surface area contributed by atoms with Gasteiger partial charge >= 0.3 is 0 Å². The third kappa shape index (κ3) is 2.72. The van der Waals surface area contributed by atoms with E-state index in [-0.39, 0.29) is 5.91 Å². The molecule has 112 valence electrons. The van der Waals surface area contributed by atoms with E-state index in [1.165, 1.54) is 17.8 Å². The molecule has 2 heterocycles. The molecule has 1 amide bonds. The highest BCUT2D eigenvalue weighted by atomic mass is 32.1. The number of amides is 1. The van der Waals surface area contributed by atoms with E-state index in [1.807, 2.05) is 18.4 Å². The van der Waals surface area contributed by atoms with Gasteiger partial charge in [-0.05, 0) is 43.7 Å². The van der Waals surface area contributed by atoms with Gasteiger partial charge in [0.2, 0.25) is 0 Å². The predicted octanol–water partition coefficient (Wildman–Crippen LogP) is 3.34. The van der Waals surface area contributed by atoms with Crippen LogP contribution in [0.4, 0.5) is 0 Å². The maximum atomic E-state index is 12.6. The number of hydrogen-bond donors (Lipinski definition) is 1. The second-order valence-electron chi connectivity index (χ2n) is 5.68. The first-order chi connectivity index (χ1) is 10.1. The third-order valence-electron chi connectivity index (χ3n) is 4.07. The normalized spacial score (nSPS) is 17.6. The molecule has 0 spiro atoms. The van der Waals surface area contributed by atoms with Crippen LogP contribution in [0.1, 0.15) is 59.1 Å². The molecule has 1 aliphatic rings. The van der Waals surface area contributed by atoms with Crippen LogP contribution in [0.25, 0.3) is 0 Å². The van der Waals surface area contributed by atoms with E-state index < -0.39 is 5.54 Å². The maximum Gasteiger partial charge on any atom is 0.262 e. The highest BCUT2D eigenvalue weighted by Crippen LogP contribution is 2.36. The molecule has 0 atom stereocenters. The van der Waals surface area contributed by atoms with Gasteiger partial charge < -0.3 is 9.84 Å². The van der Waals surface area contributed by atoms with Crippen LogP contribution in [0.15, 0.2) is 16.0 Å². The van der Waals surface area contributed by atoms with E-state index in [1.54, 1.807) is 6.92 Å². The molecule has 0 saturated heterocycles. The highest BCUT2D eigenvalue weighted by molar-refractivity contribution is 7.12. The zero-order valence-electron chi connectivity index (χ0n) is 12.3. The molecule has 1 N–H and O–H groups in total. The summed E-state index contributed by atoms with van der Waals surface area (Å²) in [6.07, 6.45) is 5.01. The van der Waals surface area contributed by atoms with Crippen molar-refractivity contribution in [3.05, 3.63) is 33.6 Å². The summed E-state index contributed by atoms with van der Waals surface area (Å²) in [5.41, 5.74) is 0.498. The zero-order chi connectivity index (χ0) is 14.9. The van der Waals surface area contributed by atoms with Gasteiger partial charge in [-0.25, -0.2) is 0 Å². The lowest BCUT2D eigenvalue weighted by Gasteiger charge is -2.34. The monoisotopic (exact) mass is 305 g/mol. The van der Waals surface area contributed by atoms with Crippen molar-refractivity contribution >= 4 is 17.2 Å². The molecule has 2 aromatic heterocycles. The third-order valence-corrected chi connectivity index (χ3v) is 5.08. The SMILES string of the molecule is Cc1noc(C2(NC(=O)c3sccc3C)CCCCC2)n1. The van der Waals surface area contributed by atoms with Gasteiger partial charge in [0.05, 0.1) is 4.88 Å². The van der Waals surface area contributed by atoms with Crippen molar-refractivity contribution in [3.8, 4) is 0 Å². The summed E-state index contributed by atoms with van der Waals surface area (Å²) < 4.78 is 5.38. The molecule has 0 aliphatic heterocycles. The average molecular weight is 305 g/mol. The first-order valence-electron chi connectivity index (χ1n) is 7.28. The zero-order valence-corrected chi connectivity index (χ0v) is 13.1. The fraction of sp³-hybridized carbons (Fsp3) is 0.533. The van der Waals surface area contributed by atoms with Gasteiger partial charge in [0.25, 0.3) is 11.8 Å². The van der Waals surface area contributed by atoms with Crippen LogP contribution in [0.5, 0.6) is 0 Å². The minimum Gasteiger partial charge on any atom is -0.337 e. The fourth-order valence-corrected chi connectivity index (χ4v) is 3.74. The number of aryl methyl sites for hydroxylation is 2. The summed E-state index contributed by atoms with van der Waals surface area (Å²) in [5.74, 6) is 1.11. The fourth-order valence-electron chi connectivity index (χ4n) is 2.92. The van der Waals surface area contributed by atoms with Crippen LogP contribution in [0, 0.1) is 13.8 Å². The molecule has 1 fully saturated rings. The van der Waals surface area contributed by atoms with Gasteiger partial charge in [-0.1, -0.05) is 24.4 Å². The van der Waals surface area contributed by atoms with Gasteiger partial charge in [0.15, 0.2) is 5.82 Å². The van der Waals surface area contributed by atoms with E-state index in [0.29, 0.717) is 11.7 Å². The van der Waals surface area contributed by atoms with Crippen LogP contribution in [-0.4, -0.2) is 16.0 Å². The first kappa shape index (κ1) is 14.3. The topological polar surface area (TPSA) is 68.0 Å². The average Bonchev–Trinajstić information content (AvgIpc) is 3.08. The van der Waals surface area contributed by atoms with Crippen molar-refractivity contribution in [2.24, 2.45) is 0 Å². The Morgan fingerprint density at radius 2 is 2.10 bits per heavy atom. The minimum absolute atomic E-state index is 0.0414. The lowest BCUT2D eigenvalue weighted by molar-refractivity contribution is 0.0828. The maximum absolute atomic E-state index is 12.6. The Hall–Kier alpha value is -1.69. The molecular weight excluding hydrogens is 286 g/mol. The number of carbonyl (C=O) groups excluding carboxylic acids is 1. The molecule has 0 unspecified atom stereocenters. The van der Waals surface area contributed by atoms with Gasteiger partial charge in [-0.3, -0.25) is 4.79 Å². The van der Waals surface area contributed by atoms with E-state index in [0.717, 1.165) is 36.1 Å². The van der Waals surface area contributed by atoms with Crippen LogP contribution in [0.2, 0.25) is 0 Å². The Kier molecular flexibility index (Phi) is 3.80. The quantitative estimate of drug-likeness (QED) is 0.944. The van der Waals surface area contributed by atoms with Crippen molar-refractivity contribution in [3.63, 3.8) is 0 Å². The summed E-state index contributed by atoms with van der Waals surface area (Å²) in [6.45, 7) is 3.75. The van der Waals surface area contributed by atoms with Crippen molar-refractivity contribution in [2.45, 2.75) is 51.5 Å². The van der Waals surface area contributed by atoms with Crippen molar-refractivity contribution in [1.29, 1.82) is 0 Å². The molecule has 0 aromatic carbocycles. The number of nitrogens with one attached hydrogen (secondary N) is 1. The van der Waals surface area contributed by atoms with E-state index >= 15 is 0 Å². The van der Waals surface area contributed by atoms with Gasteiger partial charge in [-0.2, -0.15) is 4.98 Å². The molecule has 2 aromatic rings. The number of nitrogens with zero attached hydrogens (tertiary/aromatic N) is 2.